The molecule has 0 aliphatic carbocycles. The lowest BCUT2D eigenvalue weighted by Crippen LogP contribution is -2.24. The van der Waals surface area contributed by atoms with Gasteiger partial charge in [0.25, 0.3) is 5.91 Å². The first-order valence-corrected chi connectivity index (χ1v) is 7.24. The molecule has 1 amide bonds. The minimum atomic E-state index is -0.381. The number of rotatable bonds is 5. The van der Waals surface area contributed by atoms with E-state index in [0.29, 0.717) is 5.75 Å². The lowest BCUT2D eigenvalue weighted by atomic mass is 10.0. The quantitative estimate of drug-likeness (QED) is 0.680. The van der Waals surface area contributed by atoms with Crippen LogP contribution in [0.25, 0.3) is 0 Å². The first-order valence-electron chi connectivity index (χ1n) is 7.24. The van der Waals surface area contributed by atoms with E-state index in [2.05, 4.69) is 22.7 Å². The second-order valence-corrected chi connectivity index (χ2v) is 5.35. The molecule has 0 atom stereocenters. The van der Waals surface area contributed by atoms with E-state index in [9.17, 15) is 9.18 Å². The molecular formula is C18H19FN2O2. The fourth-order valence-corrected chi connectivity index (χ4v) is 2.28. The van der Waals surface area contributed by atoms with Crippen molar-refractivity contribution in [3.8, 4) is 5.75 Å². The van der Waals surface area contributed by atoms with Crippen LogP contribution in [0.4, 0.5) is 4.39 Å². The van der Waals surface area contributed by atoms with Crippen molar-refractivity contribution in [3.63, 3.8) is 0 Å². The van der Waals surface area contributed by atoms with Crippen LogP contribution in [0.2, 0.25) is 0 Å². The van der Waals surface area contributed by atoms with Crippen molar-refractivity contribution in [2.75, 3.05) is 6.61 Å². The summed E-state index contributed by atoms with van der Waals surface area (Å²) in [4.78, 5) is 11.7. The SMILES string of the molecule is Cc1cc(C)c(/C=N/NC(=O)COc2ccc(F)cc2)c(C)c1. The number of amides is 1. The monoisotopic (exact) mass is 314 g/mol. The van der Waals surface area contributed by atoms with E-state index in [1.165, 1.54) is 29.8 Å². The van der Waals surface area contributed by atoms with Crippen LogP contribution < -0.4 is 10.2 Å². The highest BCUT2D eigenvalue weighted by atomic mass is 19.1. The Morgan fingerprint density at radius 2 is 1.78 bits per heavy atom. The predicted octanol–water partition coefficient (Wildman–Crippen LogP) is 3.28. The summed E-state index contributed by atoms with van der Waals surface area (Å²) in [5.74, 6) is -0.306. The largest absolute Gasteiger partial charge is 0.484 e. The van der Waals surface area contributed by atoms with Crippen molar-refractivity contribution < 1.29 is 13.9 Å². The fourth-order valence-electron chi connectivity index (χ4n) is 2.28. The van der Waals surface area contributed by atoms with Crippen molar-refractivity contribution in [3.05, 3.63) is 64.5 Å². The smallest absolute Gasteiger partial charge is 0.277 e. The molecule has 0 unspecified atom stereocenters. The van der Waals surface area contributed by atoms with Gasteiger partial charge in [0.2, 0.25) is 0 Å². The molecule has 0 saturated carbocycles. The van der Waals surface area contributed by atoms with Gasteiger partial charge in [0.05, 0.1) is 6.21 Å². The maximum Gasteiger partial charge on any atom is 0.277 e. The molecule has 23 heavy (non-hydrogen) atoms. The van der Waals surface area contributed by atoms with Crippen LogP contribution in [-0.4, -0.2) is 18.7 Å². The van der Waals surface area contributed by atoms with Crippen LogP contribution in [0.5, 0.6) is 5.75 Å². The van der Waals surface area contributed by atoms with Crippen LogP contribution in [0.3, 0.4) is 0 Å². The van der Waals surface area contributed by atoms with Crippen molar-refractivity contribution in [1.82, 2.24) is 5.43 Å². The minimum Gasteiger partial charge on any atom is -0.484 e. The molecule has 4 nitrogen and oxygen atoms in total. The summed E-state index contributed by atoms with van der Waals surface area (Å²) < 4.78 is 18.0. The maximum atomic E-state index is 12.7. The Hall–Kier alpha value is -2.69. The van der Waals surface area contributed by atoms with Crippen molar-refractivity contribution in [2.24, 2.45) is 5.10 Å². The number of halogens is 1. The molecule has 2 aromatic rings. The molecule has 0 heterocycles. The highest BCUT2D eigenvalue weighted by Gasteiger charge is 2.03. The summed E-state index contributed by atoms with van der Waals surface area (Å²) in [5.41, 5.74) is 6.78. The van der Waals surface area contributed by atoms with E-state index >= 15 is 0 Å². The normalized spacial score (nSPS) is 10.8. The number of hydrogen-bond acceptors (Lipinski definition) is 3. The Bertz CT molecular complexity index is 701. The van der Waals surface area contributed by atoms with Crippen molar-refractivity contribution in [1.29, 1.82) is 0 Å². The Kier molecular flexibility index (Phi) is 5.46. The van der Waals surface area contributed by atoms with E-state index in [4.69, 9.17) is 4.74 Å². The number of hydrazone groups is 1. The summed E-state index contributed by atoms with van der Waals surface area (Å²) in [6.07, 6.45) is 1.62. The topological polar surface area (TPSA) is 50.7 Å². The lowest BCUT2D eigenvalue weighted by molar-refractivity contribution is -0.123. The van der Waals surface area contributed by atoms with Crippen LogP contribution in [-0.2, 0) is 4.79 Å². The number of nitrogens with zero attached hydrogens (tertiary/aromatic N) is 1. The maximum absolute atomic E-state index is 12.7. The zero-order valence-electron chi connectivity index (χ0n) is 13.4. The molecule has 5 heteroatoms. The Balaban J connectivity index is 1.88. The summed E-state index contributed by atoms with van der Waals surface area (Å²) in [5, 5.41) is 3.95. The van der Waals surface area contributed by atoms with E-state index < -0.39 is 0 Å². The minimum absolute atomic E-state index is 0.186. The van der Waals surface area contributed by atoms with E-state index in [1.807, 2.05) is 20.8 Å². The number of ether oxygens (including phenoxy) is 1. The summed E-state index contributed by atoms with van der Waals surface area (Å²) >= 11 is 0. The zero-order chi connectivity index (χ0) is 16.8. The molecule has 0 aromatic heterocycles. The Morgan fingerprint density at radius 3 is 2.39 bits per heavy atom. The second-order valence-electron chi connectivity index (χ2n) is 5.35. The molecular weight excluding hydrogens is 295 g/mol. The first-order chi connectivity index (χ1) is 11.0. The van der Waals surface area contributed by atoms with Crippen LogP contribution in [0.15, 0.2) is 41.5 Å². The number of carbonyl (C=O) groups is 1. The third kappa shape index (κ3) is 4.92. The predicted molar refractivity (Wildman–Crippen MR) is 88.3 cm³/mol. The van der Waals surface area contributed by atoms with Gasteiger partial charge in [0, 0.05) is 5.56 Å². The molecule has 2 rings (SSSR count). The van der Waals surface area contributed by atoms with Gasteiger partial charge in [-0.15, -0.1) is 0 Å². The lowest BCUT2D eigenvalue weighted by Gasteiger charge is -2.07. The number of nitrogens with one attached hydrogen (secondary N) is 1. The molecule has 0 bridgehead atoms. The molecule has 1 N–H and O–H groups in total. The molecule has 0 radical (unpaired) electrons. The molecule has 0 saturated heterocycles. The Labute approximate surface area is 135 Å². The summed E-state index contributed by atoms with van der Waals surface area (Å²) in [7, 11) is 0. The third-order valence-electron chi connectivity index (χ3n) is 3.30. The van der Waals surface area contributed by atoms with Gasteiger partial charge in [-0.25, -0.2) is 9.82 Å². The van der Waals surface area contributed by atoms with E-state index in [1.54, 1.807) is 6.21 Å². The molecule has 0 fully saturated rings. The summed E-state index contributed by atoms with van der Waals surface area (Å²) in [6, 6.07) is 9.60. The standard InChI is InChI=1S/C18H19FN2O2/c1-12-8-13(2)17(14(3)9-12)10-20-21-18(22)11-23-16-6-4-15(19)5-7-16/h4-10H,11H2,1-3H3,(H,21,22)/b20-10+. The highest BCUT2D eigenvalue weighted by molar-refractivity contribution is 5.85. The first kappa shape index (κ1) is 16.7. The van der Waals surface area contributed by atoms with E-state index in [0.717, 1.165) is 16.7 Å². The fraction of sp³-hybridized carbons (Fsp3) is 0.222. The van der Waals surface area contributed by atoms with Crippen LogP contribution >= 0.6 is 0 Å². The highest BCUT2D eigenvalue weighted by Crippen LogP contribution is 2.14. The average molecular weight is 314 g/mol. The number of carbonyl (C=O) groups excluding carboxylic acids is 1. The third-order valence-corrected chi connectivity index (χ3v) is 3.30. The van der Waals surface area contributed by atoms with Gasteiger partial charge in [0.1, 0.15) is 11.6 Å². The van der Waals surface area contributed by atoms with Crippen LogP contribution in [0.1, 0.15) is 22.3 Å². The molecule has 120 valence electrons. The van der Waals surface area contributed by atoms with Gasteiger partial charge in [-0.05, 0) is 56.2 Å². The number of aryl methyl sites for hydroxylation is 3. The van der Waals surface area contributed by atoms with Gasteiger partial charge in [0.15, 0.2) is 6.61 Å². The van der Waals surface area contributed by atoms with Gasteiger partial charge < -0.3 is 4.74 Å². The zero-order valence-corrected chi connectivity index (χ0v) is 13.4. The van der Waals surface area contributed by atoms with Gasteiger partial charge in [-0.3, -0.25) is 4.79 Å². The van der Waals surface area contributed by atoms with E-state index in [-0.39, 0.29) is 18.3 Å². The number of benzene rings is 2. The van der Waals surface area contributed by atoms with Gasteiger partial charge in [-0.1, -0.05) is 17.7 Å². The summed E-state index contributed by atoms with van der Waals surface area (Å²) in [6.45, 7) is 5.85. The Morgan fingerprint density at radius 1 is 1.17 bits per heavy atom. The molecule has 2 aromatic carbocycles. The van der Waals surface area contributed by atoms with Crippen molar-refractivity contribution in [2.45, 2.75) is 20.8 Å². The average Bonchev–Trinajstić information content (AvgIpc) is 2.49. The molecule has 0 aliphatic heterocycles. The number of hydrogen-bond donors (Lipinski definition) is 1. The van der Waals surface area contributed by atoms with Crippen molar-refractivity contribution >= 4 is 12.1 Å². The van der Waals surface area contributed by atoms with Crippen LogP contribution in [0, 0.1) is 26.6 Å². The van der Waals surface area contributed by atoms with Gasteiger partial charge in [-0.2, -0.15) is 5.10 Å². The molecule has 0 spiro atoms. The second kappa shape index (κ2) is 7.54. The molecule has 0 aliphatic rings. The van der Waals surface area contributed by atoms with Gasteiger partial charge >= 0.3 is 0 Å².